The molecule has 3 atom stereocenters. The van der Waals surface area contributed by atoms with Crippen LogP contribution in [0.25, 0.3) is 22.5 Å². The molecule has 0 aliphatic carbocycles. The van der Waals surface area contributed by atoms with Crippen LogP contribution in [0.4, 0.5) is 16.2 Å². The van der Waals surface area contributed by atoms with E-state index in [9.17, 15) is 14.4 Å². The Labute approximate surface area is 373 Å². The fraction of sp³-hybridized carbons (Fsp3) is 0.532. The molecular weight excluding hydrogens is 803 g/mol. The van der Waals surface area contributed by atoms with E-state index >= 15 is 0 Å². The molecule has 0 radical (unpaired) electrons. The number of methoxy groups -OCH3 is 2. The number of anilines is 2. The standard InChI is InChI=1S/C38H47N9O5.C3H8.C2H4O2.2C2H6/c1-21(2)33(39-4)37(49)47-14-8-10-29(47)36-40-18-25(43-36)23-11-12-27-30(16-23)52-31-17-24(15-22(3)34(31)45(27)5)26-19-41-35(44-26)28-9-7-13-46(28)32(48)20-42-38(50)51-6;1-3-2;1-4-2-3;2*1-2/h11-12,15-19,21,28-29,33,39H,7-10,13-14,20H2,1-6H3,(H,40,43)(H,41,44)(H,42,50);3H2,1-2H3;2H,1H3;2*1-2H3/t28-,29?,33?;;;;/m0..../s1. The highest BCUT2D eigenvalue weighted by Crippen LogP contribution is 2.50. The minimum absolute atomic E-state index is 0.0899. The third-order valence-electron chi connectivity index (χ3n) is 10.6. The van der Waals surface area contributed by atoms with Gasteiger partial charge in [-0.3, -0.25) is 14.4 Å². The lowest BCUT2D eigenvalue weighted by Crippen LogP contribution is -2.47. The average Bonchev–Trinajstić information content (AvgIpc) is 4.14. The zero-order valence-corrected chi connectivity index (χ0v) is 39.7. The number of imidazole rings is 2. The molecule has 3 aliphatic rings. The molecule has 2 saturated heterocycles. The van der Waals surface area contributed by atoms with Gasteiger partial charge in [0.1, 0.15) is 18.2 Å². The Bertz CT molecular complexity index is 2080. The van der Waals surface area contributed by atoms with Gasteiger partial charge in [-0.1, -0.05) is 67.9 Å². The molecule has 5 heterocycles. The molecule has 4 N–H and O–H groups in total. The number of benzene rings is 2. The number of amides is 3. The van der Waals surface area contributed by atoms with Crippen LogP contribution < -0.4 is 20.3 Å². The smallest absolute Gasteiger partial charge is 0.407 e. The van der Waals surface area contributed by atoms with Crippen molar-refractivity contribution in [1.29, 1.82) is 0 Å². The van der Waals surface area contributed by atoms with Crippen LogP contribution in [0.3, 0.4) is 0 Å². The normalized spacial score (nSPS) is 16.2. The summed E-state index contributed by atoms with van der Waals surface area (Å²) in [5.74, 6) is 3.05. The number of carbonyl (C=O) groups excluding carboxylic acids is 4. The van der Waals surface area contributed by atoms with Crippen molar-refractivity contribution in [1.82, 2.24) is 40.4 Å². The first-order chi connectivity index (χ1) is 30.4. The number of nitrogens with zero attached hydrogens (tertiary/aromatic N) is 5. The van der Waals surface area contributed by atoms with Crippen molar-refractivity contribution >= 4 is 35.8 Å². The highest BCUT2D eigenvalue weighted by atomic mass is 16.5. The Morgan fingerprint density at radius 3 is 1.97 bits per heavy atom. The average molecular weight is 874 g/mol. The largest absolute Gasteiger partial charge is 0.471 e. The van der Waals surface area contributed by atoms with Gasteiger partial charge in [0, 0.05) is 31.3 Å². The number of aromatic nitrogens is 4. The number of likely N-dealkylation sites (tertiary alicyclic amines) is 2. The topological polar surface area (TPSA) is 187 Å². The van der Waals surface area contributed by atoms with Gasteiger partial charge in [-0.25, -0.2) is 14.8 Å². The SMILES string of the molecule is CC.CC.CCC.CNC(C(=O)N1CCCC1c1ncc(-c2ccc3c(c2)Oc2cc(-c4cnc([C@@H]5CCCN5C(=O)CNC(=O)OC)[nH]4)cc(C)c2N3C)[nH]1)C(C)C.COC=O. The molecule has 3 amide bonds. The number of aromatic amines is 2. The fourth-order valence-electron chi connectivity index (χ4n) is 7.90. The molecule has 4 aromatic rings. The summed E-state index contributed by atoms with van der Waals surface area (Å²) in [6, 6.07) is 9.73. The molecule has 2 fully saturated rings. The van der Waals surface area contributed by atoms with E-state index < -0.39 is 6.09 Å². The van der Waals surface area contributed by atoms with E-state index in [1.54, 1.807) is 11.1 Å². The monoisotopic (exact) mass is 874 g/mol. The number of fused-ring (bicyclic) bond motifs is 2. The number of H-pyrrole nitrogens is 2. The third kappa shape index (κ3) is 12.4. The van der Waals surface area contributed by atoms with Crippen molar-refractivity contribution in [2.75, 3.05) is 52.8 Å². The molecule has 0 saturated carbocycles. The summed E-state index contributed by atoms with van der Waals surface area (Å²) in [4.78, 5) is 69.0. The van der Waals surface area contributed by atoms with Crippen molar-refractivity contribution in [3.05, 3.63) is 59.9 Å². The van der Waals surface area contributed by atoms with Gasteiger partial charge in [-0.2, -0.15) is 0 Å². The predicted octanol–water partition coefficient (Wildman–Crippen LogP) is 8.83. The number of hydrogen-bond acceptors (Lipinski definition) is 11. The van der Waals surface area contributed by atoms with Gasteiger partial charge < -0.3 is 49.5 Å². The molecule has 16 nitrogen and oxygen atoms in total. The van der Waals surface area contributed by atoms with Gasteiger partial charge in [0.25, 0.3) is 6.47 Å². The lowest BCUT2D eigenvalue weighted by molar-refractivity contribution is -0.135. The Morgan fingerprint density at radius 1 is 0.889 bits per heavy atom. The summed E-state index contributed by atoms with van der Waals surface area (Å²) < 4.78 is 15.1. The summed E-state index contributed by atoms with van der Waals surface area (Å²) in [6.07, 6.45) is 7.67. The van der Waals surface area contributed by atoms with Crippen molar-refractivity contribution in [3.63, 3.8) is 0 Å². The molecule has 2 aromatic carbocycles. The van der Waals surface area contributed by atoms with Crippen molar-refractivity contribution in [2.45, 2.75) is 113 Å². The third-order valence-corrected chi connectivity index (χ3v) is 10.6. The van der Waals surface area contributed by atoms with Crippen molar-refractivity contribution in [2.24, 2.45) is 5.92 Å². The first-order valence-corrected chi connectivity index (χ1v) is 22.3. The number of ether oxygens (including phenoxy) is 3. The molecule has 3 aliphatic heterocycles. The maximum absolute atomic E-state index is 13.4. The van der Waals surface area contributed by atoms with Gasteiger partial charge in [0.05, 0.1) is 67.5 Å². The predicted molar refractivity (Wildman–Crippen MR) is 248 cm³/mol. The van der Waals surface area contributed by atoms with Gasteiger partial charge in [0.2, 0.25) is 11.8 Å². The maximum Gasteiger partial charge on any atom is 0.407 e. The Hall–Kier alpha value is -5.90. The molecule has 2 unspecified atom stereocenters. The number of alkyl carbamates (subject to hydrolysis) is 1. The quantitative estimate of drug-likeness (QED) is 0.112. The molecule has 2 aromatic heterocycles. The number of carbonyl (C=O) groups is 4. The summed E-state index contributed by atoms with van der Waals surface area (Å²) >= 11 is 0. The summed E-state index contributed by atoms with van der Waals surface area (Å²) in [5.41, 5.74) is 6.49. The summed E-state index contributed by atoms with van der Waals surface area (Å²) in [6.45, 7) is 20.0. The second-order valence-corrected chi connectivity index (χ2v) is 15.2. The molecule has 346 valence electrons. The van der Waals surface area contributed by atoms with E-state index in [1.165, 1.54) is 20.6 Å². The Balaban J connectivity index is 0.000000876. The minimum Gasteiger partial charge on any atom is -0.471 e. The molecule has 0 bridgehead atoms. The van der Waals surface area contributed by atoms with Gasteiger partial charge >= 0.3 is 6.09 Å². The Morgan fingerprint density at radius 2 is 1.43 bits per heavy atom. The number of aryl methyl sites for hydroxylation is 1. The maximum atomic E-state index is 13.4. The van der Waals surface area contributed by atoms with Crippen LogP contribution in [0, 0.1) is 12.8 Å². The van der Waals surface area contributed by atoms with Gasteiger partial charge in [-0.05, 0) is 75.4 Å². The first kappa shape index (κ1) is 51.5. The fourth-order valence-corrected chi connectivity index (χ4v) is 7.90. The zero-order chi connectivity index (χ0) is 46.8. The van der Waals surface area contributed by atoms with Crippen LogP contribution in [0.1, 0.15) is 117 Å². The number of nitrogens with one attached hydrogen (secondary N) is 4. The van der Waals surface area contributed by atoms with Crippen LogP contribution in [0.2, 0.25) is 0 Å². The number of hydrogen-bond donors (Lipinski definition) is 4. The Kier molecular flexibility index (Phi) is 20.6. The van der Waals surface area contributed by atoms with Crippen LogP contribution in [0.5, 0.6) is 11.5 Å². The zero-order valence-electron chi connectivity index (χ0n) is 39.7. The van der Waals surface area contributed by atoms with Crippen LogP contribution in [-0.2, 0) is 23.9 Å². The van der Waals surface area contributed by atoms with E-state index in [0.29, 0.717) is 18.8 Å². The first-order valence-electron chi connectivity index (χ1n) is 22.3. The molecule has 0 spiro atoms. The van der Waals surface area contributed by atoms with Gasteiger partial charge in [-0.15, -0.1) is 0 Å². The second-order valence-electron chi connectivity index (χ2n) is 15.2. The molecule has 16 heteroatoms. The minimum atomic E-state index is -0.639. The highest BCUT2D eigenvalue weighted by molar-refractivity contribution is 5.85. The van der Waals surface area contributed by atoms with E-state index in [-0.39, 0.29) is 42.4 Å². The lowest BCUT2D eigenvalue weighted by Gasteiger charge is -2.31. The van der Waals surface area contributed by atoms with Crippen LogP contribution in [-0.4, -0.2) is 108 Å². The lowest BCUT2D eigenvalue weighted by atomic mass is 10.0. The molecular formula is C47H71N9O7. The summed E-state index contributed by atoms with van der Waals surface area (Å²) in [5, 5.41) is 5.67. The number of likely N-dealkylation sites (N-methyl/N-ethyl adjacent to an activating group) is 1. The van der Waals surface area contributed by atoms with Crippen molar-refractivity contribution < 1.29 is 33.4 Å². The van der Waals surface area contributed by atoms with E-state index in [2.05, 4.69) is 92.8 Å². The second kappa shape index (κ2) is 25.3. The van der Waals surface area contributed by atoms with Crippen molar-refractivity contribution in [3.8, 4) is 34.0 Å². The summed E-state index contributed by atoms with van der Waals surface area (Å²) in [7, 11) is 6.46. The van der Waals surface area contributed by atoms with E-state index in [0.717, 1.165) is 89.0 Å². The van der Waals surface area contributed by atoms with Crippen LogP contribution >= 0.6 is 0 Å². The molecule has 7 rings (SSSR count). The van der Waals surface area contributed by atoms with Crippen LogP contribution in [0.15, 0.2) is 42.7 Å². The number of rotatable bonds is 10. The molecule has 63 heavy (non-hydrogen) atoms. The van der Waals surface area contributed by atoms with E-state index in [4.69, 9.17) is 14.5 Å². The van der Waals surface area contributed by atoms with E-state index in [1.807, 2.05) is 65.0 Å². The highest BCUT2D eigenvalue weighted by Gasteiger charge is 2.36. The van der Waals surface area contributed by atoms with Gasteiger partial charge in [0.15, 0.2) is 11.5 Å².